The molecule has 0 spiro atoms. The molecule has 0 heterocycles. The molecular formula is C12H17NS. The Labute approximate surface area is 90.1 Å². The van der Waals surface area contributed by atoms with Gasteiger partial charge in [-0.25, -0.2) is 0 Å². The van der Waals surface area contributed by atoms with E-state index in [4.69, 9.17) is 5.73 Å². The lowest BCUT2D eigenvalue weighted by atomic mass is 9.98. The van der Waals surface area contributed by atoms with Gasteiger partial charge in [-0.3, -0.25) is 0 Å². The minimum atomic E-state index is 0.429. The Kier molecular flexibility index (Phi) is 3.14. The molecule has 1 nitrogen and oxygen atoms in total. The summed E-state index contributed by atoms with van der Waals surface area (Å²) in [6.07, 6.45) is 5.74. The maximum Gasteiger partial charge on any atom is 0.00719 e. The predicted octanol–water partition coefficient (Wildman–Crippen LogP) is 3.00. The van der Waals surface area contributed by atoms with Crippen LogP contribution < -0.4 is 5.73 Å². The van der Waals surface area contributed by atoms with Crippen molar-refractivity contribution in [3.05, 3.63) is 29.8 Å². The highest BCUT2D eigenvalue weighted by molar-refractivity contribution is 7.98. The van der Waals surface area contributed by atoms with E-state index < -0.39 is 0 Å². The zero-order valence-corrected chi connectivity index (χ0v) is 9.39. The Morgan fingerprint density at radius 2 is 2.21 bits per heavy atom. The first-order valence-corrected chi connectivity index (χ1v) is 6.41. The SMILES string of the molecule is CSc1cccc([C@@H]2CC[C@H](N)C2)c1. The molecule has 0 unspecified atom stereocenters. The molecule has 2 atom stereocenters. The Morgan fingerprint density at radius 3 is 2.86 bits per heavy atom. The quantitative estimate of drug-likeness (QED) is 0.754. The number of rotatable bonds is 2. The van der Waals surface area contributed by atoms with Crippen molar-refractivity contribution in [2.75, 3.05) is 6.26 Å². The maximum absolute atomic E-state index is 5.93. The lowest BCUT2D eigenvalue weighted by Gasteiger charge is -2.10. The van der Waals surface area contributed by atoms with Crippen molar-refractivity contribution in [1.29, 1.82) is 0 Å². The van der Waals surface area contributed by atoms with Crippen LogP contribution in [0.15, 0.2) is 29.2 Å². The summed E-state index contributed by atoms with van der Waals surface area (Å²) in [4.78, 5) is 1.36. The fraction of sp³-hybridized carbons (Fsp3) is 0.500. The van der Waals surface area contributed by atoms with Crippen LogP contribution in [0.4, 0.5) is 0 Å². The van der Waals surface area contributed by atoms with Crippen molar-refractivity contribution in [3.8, 4) is 0 Å². The summed E-state index contributed by atoms with van der Waals surface area (Å²) >= 11 is 1.81. The highest BCUT2D eigenvalue weighted by Crippen LogP contribution is 2.34. The number of thioether (sulfide) groups is 1. The molecule has 0 aliphatic heterocycles. The molecule has 2 rings (SSSR count). The van der Waals surface area contributed by atoms with Crippen LogP contribution in [0.1, 0.15) is 30.7 Å². The van der Waals surface area contributed by atoms with Gasteiger partial charge in [0.2, 0.25) is 0 Å². The first kappa shape index (κ1) is 10.1. The van der Waals surface area contributed by atoms with Crippen molar-refractivity contribution in [2.24, 2.45) is 5.73 Å². The van der Waals surface area contributed by atoms with Crippen LogP contribution in [-0.2, 0) is 0 Å². The Morgan fingerprint density at radius 1 is 1.36 bits per heavy atom. The van der Waals surface area contributed by atoms with Gasteiger partial charge in [-0.1, -0.05) is 12.1 Å². The van der Waals surface area contributed by atoms with Gasteiger partial charge in [0.15, 0.2) is 0 Å². The van der Waals surface area contributed by atoms with E-state index in [9.17, 15) is 0 Å². The third-order valence-corrected chi connectivity index (χ3v) is 3.76. The van der Waals surface area contributed by atoms with Crippen molar-refractivity contribution in [2.45, 2.75) is 36.1 Å². The highest BCUT2D eigenvalue weighted by Gasteiger charge is 2.22. The molecule has 1 fully saturated rings. The minimum Gasteiger partial charge on any atom is -0.328 e. The van der Waals surface area contributed by atoms with Gasteiger partial charge in [0.25, 0.3) is 0 Å². The highest BCUT2D eigenvalue weighted by atomic mass is 32.2. The van der Waals surface area contributed by atoms with Gasteiger partial charge in [0, 0.05) is 10.9 Å². The number of nitrogens with two attached hydrogens (primary N) is 1. The van der Waals surface area contributed by atoms with Crippen LogP contribution in [0.2, 0.25) is 0 Å². The summed E-state index contributed by atoms with van der Waals surface area (Å²) in [5.41, 5.74) is 7.40. The van der Waals surface area contributed by atoms with E-state index in [1.807, 2.05) is 11.8 Å². The van der Waals surface area contributed by atoms with Crippen molar-refractivity contribution < 1.29 is 0 Å². The minimum absolute atomic E-state index is 0.429. The van der Waals surface area contributed by atoms with Gasteiger partial charge < -0.3 is 5.73 Å². The van der Waals surface area contributed by atoms with Gasteiger partial charge in [0.05, 0.1) is 0 Å². The van der Waals surface area contributed by atoms with Gasteiger partial charge in [0.1, 0.15) is 0 Å². The van der Waals surface area contributed by atoms with E-state index in [0.29, 0.717) is 12.0 Å². The zero-order chi connectivity index (χ0) is 9.97. The van der Waals surface area contributed by atoms with Gasteiger partial charge in [-0.2, -0.15) is 0 Å². The Bertz CT molecular complexity index is 311. The van der Waals surface area contributed by atoms with E-state index >= 15 is 0 Å². The average molecular weight is 207 g/mol. The van der Waals surface area contributed by atoms with Crippen LogP contribution in [0, 0.1) is 0 Å². The molecule has 76 valence electrons. The molecule has 1 saturated carbocycles. The van der Waals surface area contributed by atoms with Crippen molar-refractivity contribution in [1.82, 2.24) is 0 Å². The first-order valence-electron chi connectivity index (χ1n) is 5.19. The molecule has 0 saturated heterocycles. The average Bonchev–Trinajstić information content (AvgIpc) is 2.65. The fourth-order valence-corrected chi connectivity index (χ4v) is 2.68. The molecule has 1 aliphatic rings. The molecular weight excluding hydrogens is 190 g/mol. The lowest BCUT2D eigenvalue weighted by Crippen LogP contribution is -2.14. The molecule has 2 heteroatoms. The smallest absolute Gasteiger partial charge is 0.00719 e. The second kappa shape index (κ2) is 4.37. The number of hydrogen-bond acceptors (Lipinski definition) is 2. The van der Waals surface area contributed by atoms with Crippen molar-refractivity contribution >= 4 is 11.8 Å². The maximum atomic E-state index is 5.93. The first-order chi connectivity index (χ1) is 6.79. The summed E-state index contributed by atoms with van der Waals surface area (Å²) in [6.45, 7) is 0. The van der Waals surface area contributed by atoms with E-state index in [2.05, 4.69) is 30.5 Å². The standard InChI is InChI=1S/C12H17NS/c1-14-12-4-2-3-9(8-12)10-5-6-11(13)7-10/h2-4,8,10-11H,5-7,13H2,1H3/t10-,11+/m1/s1. The normalized spacial score (nSPS) is 26.7. The molecule has 0 amide bonds. The molecule has 0 radical (unpaired) electrons. The summed E-state index contributed by atoms with van der Waals surface area (Å²) in [7, 11) is 0. The largest absolute Gasteiger partial charge is 0.328 e. The zero-order valence-electron chi connectivity index (χ0n) is 8.57. The van der Waals surface area contributed by atoms with Crippen LogP contribution >= 0.6 is 11.8 Å². The van der Waals surface area contributed by atoms with E-state index in [1.54, 1.807) is 0 Å². The summed E-state index contributed by atoms with van der Waals surface area (Å²) in [6, 6.07) is 9.31. The van der Waals surface area contributed by atoms with Crippen LogP contribution in [0.3, 0.4) is 0 Å². The van der Waals surface area contributed by atoms with Crippen LogP contribution in [0.5, 0.6) is 0 Å². The van der Waals surface area contributed by atoms with Crippen LogP contribution in [0.25, 0.3) is 0 Å². The summed E-state index contributed by atoms with van der Waals surface area (Å²) < 4.78 is 0. The third kappa shape index (κ3) is 2.12. The monoisotopic (exact) mass is 207 g/mol. The topological polar surface area (TPSA) is 26.0 Å². The molecule has 1 aliphatic carbocycles. The van der Waals surface area contributed by atoms with E-state index in [1.165, 1.54) is 23.3 Å². The predicted molar refractivity (Wildman–Crippen MR) is 62.8 cm³/mol. The molecule has 1 aromatic rings. The fourth-order valence-electron chi connectivity index (χ4n) is 2.21. The number of hydrogen-bond donors (Lipinski definition) is 1. The lowest BCUT2D eigenvalue weighted by molar-refractivity contribution is 0.674. The van der Waals surface area contributed by atoms with E-state index in [-0.39, 0.29) is 0 Å². The van der Waals surface area contributed by atoms with Gasteiger partial charge >= 0.3 is 0 Å². The van der Waals surface area contributed by atoms with Gasteiger partial charge in [-0.05, 0) is 49.1 Å². The third-order valence-electron chi connectivity index (χ3n) is 3.04. The molecule has 0 aromatic heterocycles. The van der Waals surface area contributed by atoms with Crippen molar-refractivity contribution in [3.63, 3.8) is 0 Å². The van der Waals surface area contributed by atoms with Gasteiger partial charge in [-0.15, -0.1) is 11.8 Å². The second-order valence-corrected chi connectivity index (χ2v) is 4.93. The number of benzene rings is 1. The van der Waals surface area contributed by atoms with Crippen LogP contribution in [-0.4, -0.2) is 12.3 Å². The second-order valence-electron chi connectivity index (χ2n) is 4.05. The molecule has 0 bridgehead atoms. The Balaban J connectivity index is 2.15. The molecule has 14 heavy (non-hydrogen) atoms. The Hall–Kier alpha value is -0.470. The molecule has 1 aromatic carbocycles. The van der Waals surface area contributed by atoms with E-state index in [0.717, 1.165) is 6.42 Å². The molecule has 2 N–H and O–H groups in total. The summed E-state index contributed by atoms with van der Waals surface area (Å²) in [5.74, 6) is 0.706. The summed E-state index contributed by atoms with van der Waals surface area (Å²) in [5, 5.41) is 0.